The van der Waals surface area contributed by atoms with Crippen LogP contribution in [-0.4, -0.2) is 66.9 Å². The largest absolute Gasteiger partial charge is 0.387 e. The summed E-state index contributed by atoms with van der Waals surface area (Å²) in [5, 5.41) is 28.0. The third-order valence-electron chi connectivity index (χ3n) is 2.26. The summed E-state index contributed by atoms with van der Waals surface area (Å²) in [5.74, 6) is 0. The van der Waals surface area contributed by atoms with Crippen LogP contribution in [0.25, 0.3) is 0 Å². The summed E-state index contributed by atoms with van der Waals surface area (Å²) in [6, 6.07) is 0. The maximum Gasteiger partial charge on any atom is 0.184 e. The van der Waals surface area contributed by atoms with Gasteiger partial charge < -0.3 is 29.5 Å². The molecule has 1 saturated heterocycles. The first-order valence-electron chi connectivity index (χ1n) is 4.33. The minimum atomic E-state index is -1.41. The summed E-state index contributed by atoms with van der Waals surface area (Å²) >= 11 is 0. The molecular weight excluding hydrogens is 192 g/mol. The van der Waals surface area contributed by atoms with Crippen molar-refractivity contribution in [2.75, 3.05) is 20.8 Å². The quantitative estimate of drug-likeness (QED) is 0.501. The summed E-state index contributed by atoms with van der Waals surface area (Å²) in [6.07, 6.45) is -5.22. The molecular formula is C8H16O6. The monoisotopic (exact) mass is 208 g/mol. The number of hydrogen-bond donors (Lipinski definition) is 3. The maximum atomic E-state index is 9.53. The van der Waals surface area contributed by atoms with E-state index < -0.39 is 30.7 Å². The fourth-order valence-electron chi connectivity index (χ4n) is 1.51. The molecule has 84 valence electrons. The zero-order chi connectivity index (χ0) is 10.7. The van der Waals surface area contributed by atoms with Crippen molar-refractivity contribution in [3.8, 4) is 0 Å². The first kappa shape index (κ1) is 11.8. The van der Waals surface area contributed by atoms with Crippen LogP contribution in [0.5, 0.6) is 0 Å². The molecule has 0 spiro atoms. The zero-order valence-corrected chi connectivity index (χ0v) is 8.16. The Hall–Kier alpha value is -0.240. The number of hydrogen-bond acceptors (Lipinski definition) is 6. The Morgan fingerprint density at radius 1 is 1.14 bits per heavy atom. The highest BCUT2D eigenvalue weighted by molar-refractivity contribution is 4.89. The van der Waals surface area contributed by atoms with Gasteiger partial charge in [-0.05, 0) is 0 Å². The average molecular weight is 208 g/mol. The Labute approximate surface area is 82.0 Å². The van der Waals surface area contributed by atoms with E-state index in [0.717, 1.165) is 0 Å². The second kappa shape index (κ2) is 5.01. The third kappa shape index (κ3) is 2.22. The van der Waals surface area contributed by atoms with E-state index in [1.54, 1.807) is 0 Å². The first-order valence-corrected chi connectivity index (χ1v) is 4.33. The van der Waals surface area contributed by atoms with Crippen molar-refractivity contribution in [1.82, 2.24) is 0 Å². The summed E-state index contributed by atoms with van der Waals surface area (Å²) in [4.78, 5) is 0. The SMILES string of the molecule is COC[C@H]1O[C@H](O)[C@H](O)[C@@H](O)[C@@H]1OC. The summed E-state index contributed by atoms with van der Waals surface area (Å²) in [5.41, 5.74) is 0. The van der Waals surface area contributed by atoms with Gasteiger partial charge in [0.2, 0.25) is 0 Å². The number of rotatable bonds is 3. The normalized spacial score (nSPS) is 43.9. The van der Waals surface area contributed by atoms with Crippen molar-refractivity contribution in [2.45, 2.75) is 30.7 Å². The predicted octanol–water partition coefficient (Wildman–Crippen LogP) is -1.91. The van der Waals surface area contributed by atoms with E-state index in [9.17, 15) is 15.3 Å². The molecule has 14 heavy (non-hydrogen) atoms. The molecule has 6 heteroatoms. The van der Waals surface area contributed by atoms with Gasteiger partial charge in [-0.3, -0.25) is 0 Å². The van der Waals surface area contributed by atoms with Crippen LogP contribution in [0.4, 0.5) is 0 Å². The van der Waals surface area contributed by atoms with E-state index in [4.69, 9.17) is 14.2 Å². The highest BCUT2D eigenvalue weighted by atomic mass is 16.7. The molecule has 5 atom stereocenters. The van der Waals surface area contributed by atoms with Gasteiger partial charge in [0, 0.05) is 14.2 Å². The van der Waals surface area contributed by atoms with E-state index in [1.165, 1.54) is 14.2 Å². The van der Waals surface area contributed by atoms with Crippen LogP contribution in [-0.2, 0) is 14.2 Å². The summed E-state index contributed by atoms with van der Waals surface area (Å²) < 4.78 is 14.8. The third-order valence-corrected chi connectivity index (χ3v) is 2.26. The minimum Gasteiger partial charge on any atom is -0.387 e. The average Bonchev–Trinajstić information content (AvgIpc) is 2.16. The van der Waals surface area contributed by atoms with Crippen LogP contribution in [0.2, 0.25) is 0 Å². The van der Waals surface area contributed by atoms with Crippen LogP contribution in [0, 0.1) is 0 Å². The Morgan fingerprint density at radius 2 is 1.79 bits per heavy atom. The number of methoxy groups -OCH3 is 2. The van der Waals surface area contributed by atoms with Crippen molar-refractivity contribution in [1.29, 1.82) is 0 Å². The van der Waals surface area contributed by atoms with Crippen molar-refractivity contribution in [3.05, 3.63) is 0 Å². The second-order valence-corrected chi connectivity index (χ2v) is 3.20. The van der Waals surface area contributed by atoms with Gasteiger partial charge in [-0.25, -0.2) is 0 Å². The molecule has 1 fully saturated rings. The molecule has 3 N–H and O–H groups in total. The van der Waals surface area contributed by atoms with E-state index in [-0.39, 0.29) is 6.61 Å². The lowest BCUT2D eigenvalue weighted by molar-refractivity contribution is -0.291. The Bertz CT molecular complexity index is 175. The molecule has 1 aliphatic heterocycles. The Morgan fingerprint density at radius 3 is 2.29 bits per heavy atom. The summed E-state index contributed by atoms with van der Waals surface area (Å²) in [7, 11) is 2.87. The van der Waals surface area contributed by atoms with Gasteiger partial charge in [0.25, 0.3) is 0 Å². The molecule has 0 aromatic heterocycles. The lowest BCUT2D eigenvalue weighted by Crippen LogP contribution is -2.59. The van der Waals surface area contributed by atoms with Gasteiger partial charge in [0.15, 0.2) is 6.29 Å². The standard InChI is InChI=1S/C8H16O6/c1-12-3-4-7(13-2)5(9)6(10)8(11)14-4/h4-11H,3H2,1-2H3/t4-,5-,6-,7-,8+/m1/s1. The van der Waals surface area contributed by atoms with E-state index >= 15 is 0 Å². The number of ether oxygens (including phenoxy) is 3. The van der Waals surface area contributed by atoms with Crippen LogP contribution in [0.3, 0.4) is 0 Å². The van der Waals surface area contributed by atoms with Crippen LogP contribution < -0.4 is 0 Å². The molecule has 1 aliphatic rings. The molecule has 0 amide bonds. The van der Waals surface area contributed by atoms with Crippen LogP contribution in [0.1, 0.15) is 0 Å². The van der Waals surface area contributed by atoms with Gasteiger partial charge in [0.1, 0.15) is 24.4 Å². The molecule has 0 aliphatic carbocycles. The highest BCUT2D eigenvalue weighted by Gasteiger charge is 2.43. The fourth-order valence-corrected chi connectivity index (χ4v) is 1.51. The van der Waals surface area contributed by atoms with Gasteiger partial charge in [-0.1, -0.05) is 0 Å². The second-order valence-electron chi connectivity index (χ2n) is 3.20. The Balaban J connectivity index is 2.66. The topological polar surface area (TPSA) is 88.4 Å². The van der Waals surface area contributed by atoms with Gasteiger partial charge in [0.05, 0.1) is 6.61 Å². The number of aliphatic hydroxyl groups is 3. The van der Waals surface area contributed by atoms with Crippen molar-refractivity contribution < 1.29 is 29.5 Å². The highest BCUT2D eigenvalue weighted by Crippen LogP contribution is 2.21. The predicted molar refractivity (Wildman–Crippen MR) is 45.6 cm³/mol. The van der Waals surface area contributed by atoms with Crippen molar-refractivity contribution in [2.24, 2.45) is 0 Å². The van der Waals surface area contributed by atoms with Gasteiger partial charge >= 0.3 is 0 Å². The zero-order valence-electron chi connectivity index (χ0n) is 8.16. The fraction of sp³-hybridized carbons (Fsp3) is 1.00. The van der Waals surface area contributed by atoms with E-state index in [1.807, 2.05) is 0 Å². The lowest BCUT2D eigenvalue weighted by atomic mass is 9.99. The molecule has 0 radical (unpaired) electrons. The molecule has 1 rings (SSSR count). The molecule has 0 bridgehead atoms. The minimum absolute atomic E-state index is 0.180. The number of aliphatic hydroxyl groups excluding tert-OH is 3. The van der Waals surface area contributed by atoms with Crippen molar-refractivity contribution in [3.63, 3.8) is 0 Å². The van der Waals surface area contributed by atoms with Crippen LogP contribution in [0.15, 0.2) is 0 Å². The van der Waals surface area contributed by atoms with E-state index in [0.29, 0.717) is 0 Å². The van der Waals surface area contributed by atoms with Gasteiger partial charge in [-0.2, -0.15) is 0 Å². The molecule has 1 heterocycles. The van der Waals surface area contributed by atoms with Gasteiger partial charge in [-0.15, -0.1) is 0 Å². The first-order chi connectivity index (χ1) is 6.61. The molecule has 0 saturated carbocycles. The molecule has 0 unspecified atom stereocenters. The molecule has 0 aromatic rings. The van der Waals surface area contributed by atoms with E-state index in [2.05, 4.69) is 0 Å². The summed E-state index contributed by atoms with van der Waals surface area (Å²) in [6.45, 7) is 0.180. The maximum absolute atomic E-state index is 9.53. The molecule has 0 aromatic carbocycles. The Kier molecular flexibility index (Phi) is 4.24. The van der Waals surface area contributed by atoms with Crippen LogP contribution >= 0.6 is 0 Å². The lowest BCUT2D eigenvalue weighted by Gasteiger charge is -2.39. The smallest absolute Gasteiger partial charge is 0.184 e. The molecule has 6 nitrogen and oxygen atoms in total. The van der Waals surface area contributed by atoms with Crippen molar-refractivity contribution >= 4 is 0 Å².